The first-order valence-corrected chi connectivity index (χ1v) is 43.8. The lowest BCUT2D eigenvalue weighted by atomic mass is 9.81. The van der Waals surface area contributed by atoms with Crippen LogP contribution in [0.2, 0.25) is 30.3 Å². The molecule has 6 aliphatic heterocycles. The van der Waals surface area contributed by atoms with Gasteiger partial charge in [0.2, 0.25) is 5.60 Å². The summed E-state index contributed by atoms with van der Waals surface area (Å²) in [6.07, 6.45) is -2.20. The Morgan fingerprint density at radius 1 is 0.405 bits per heavy atom. The maximum atomic E-state index is 14.6. The zero-order valence-electron chi connectivity index (χ0n) is 68.9. The van der Waals surface area contributed by atoms with Gasteiger partial charge in [0.1, 0.15) is 23.6 Å². The van der Waals surface area contributed by atoms with Gasteiger partial charge in [-0.1, -0.05) is 112 Å². The van der Waals surface area contributed by atoms with Crippen LogP contribution in [0.5, 0.6) is 0 Å². The number of likely N-dealkylation sites (tertiary alicyclic amines) is 3. The number of nitrogens with one attached hydrogen (secondary N) is 3. The van der Waals surface area contributed by atoms with E-state index >= 15 is 0 Å². The van der Waals surface area contributed by atoms with Gasteiger partial charge >= 0.3 is 24.5 Å². The standard InChI is InChI=1S/C31H34Cl3F3N6O3.C28H32Cl2F3N3O3.C28H32ClF5N4O3/c32-23-14-22(15-24(33)16-23)30(46,31(35,36)37)29(45)42-10-5-21(6-11-42)13-20-3-8-41(9-4-20)25-1-2-26(27(34)17-25)28(44)39-7-12-43-19-38-18-40-43;1-34-25(37)23-6-5-22(17-24(23)30)35-11-7-18(8-12-35)15-19-9-13-36(14-10-19)26(38)27(39,28(31,32)33)20-3-2-4-21(29)16-20;1-35-24(39)21-7-8-22(36-23(21)29)37-13-9-18(10-14-37)17-19-11-15-38(16-12-19)25(40)26(41,20-5-3-2-4-6-20)27(30,31)28(32,33)34/h1-2,14-21,46H,3-13H2,(H,39,44);2-6,16-19,39H,7-15H2,1H3,(H,34,37);2-8,18-19,41H,9-17H2,1H3,(H,35,39)/t30-;27-;26-/m111/s1. The molecule has 39 heteroatoms. The minimum atomic E-state index is -6.13. The van der Waals surface area contributed by atoms with Crippen LogP contribution in [0.25, 0.3) is 0 Å². The van der Waals surface area contributed by atoms with Gasteiger partial charge in [-0.25, -0.2) is 9.97 Å². The maximum absolute atomic E-state index is 14.6. The Kier molecular flexibility index (Phi) is 32.6. The summed E-state index contributed by atoms with van der Waals surface area (Å²) in [6.45, 7) is 6.15. The largest absolute Gasteiger partial charge is 0.457 e. The van der Waals surface area contributed by atoms with Gasteiger partial charge in [0.05, 0.1) is 33.3 Å². The Balaban J connectivity index is 0.000000184. The predicted molar refractivity (Wildman–Crippen MR) is 457 cm³/mol. The van der Waals surface area contributed by atoms with E-state index in [4.69, 9.17) is 69.6 Å². The highest BCUT2D eigenvalue weighted by Crippen LogP contribution is 2.51. The highest BCUT2D eigenvalue weighted by molar-refractivity contribution is 6.35. The number of hydrogen-bond acceptors (Lipinski definition) is 15. The topological polar surface area (TPSA) is 262 Å². The number of pyridine rings is 1. The number of aliphatic hydroxyl groups is 3. The number of alkyl halides is 11. The molecule has 126 heavy (non-hydrogen) atoms. The van der Waals surface area contributed by atoms with E-state index in [0.29, 0.717) is 108 Å². The third kappa shape index (κ3) is 22.8. The Labute approximate surface area is 751 Å². The number of carbonyl (C=O) groups is 6. The van der Waals surface area contributed by atoms with Crippen molar-refractivity contribution in [3.8, 4) is 0 Å². The van der Waals surface area contributed by atoms with E-state index in [1.54, 1.807) is 48.4 Å². The smallest absolute Gasteiger partial charge is 0.371 e. The lowest BCUT2D eigenvalue weighted by Gasteiger charge is -2.42. The van der Waals surface area contributed by atoms with E-state index in [2.05, 4.69) is 45.7 Å². The zero-order valence-corrected chi connectivity index (χ0v) is 73.4. The van der Waals surface area contributed by atoms with Gasteiger partial charge in [0.25, 0.3) is 46.6 Å². The molecular weight excluding hydrogens is 1790 g/mol. The third-order valence-electron chi connectivity index (χ3n) is 24.9. The molecule has 22 nitrogen and oxygen atoms in total. The molecule has 6 saturated heterocycles. The molecule has 6 N–H and O–H groups in total. The van der Waals surface area contributed by atoms with Gasteiger partial charge in [0.15, 0.2) is 0 Å². The van der Waals surface area contributed by atoms with Crippen molar-refractivity contribution in [1.82, 2.24) is 50.4 Å². The van der Waals surface area contributed by atoms with Crippen molar-refractivity contribution in [2.24, 2.45) is 35.5 Å². The number of halogens is 17. The Hall–Kier alpha value is -8.54. The summed E-state index contributed by atoms with van der Waals surface area (Å²) < 4.78 is 155. The normalized spacial score (nSPS) is 18.7. The third-order valence-corrected chi connectivity index (χ3v) is 26.5. The second-order valence-corrected chi connectivity index (χ2v) is 35.3. The summed E-state index contributed by atoms with van der Waals surface area (Å²) in [7, 11) is 3.07. The van der Waals surface area contributed by atoms with Crippen molar-refractivity contribution in [3.63, 3.8) is 0 Å². The summed E-state index contributed by atoms with van der Waals surface area (Å²) in [5.41, 5.74) is -10.5. The van der Waals surface area contributed by atoms with E-state index in [9.17, 15) is 92.4 Å². The van der Waals surface area contributed by atoms with E-state index in [0.717, 1.165) is 160 Å². The number of carbonyl (C=O) groups excluding carboxylic acids is 6. The predicted octanol–water partition coefficient (Wildman–Crippen LogP) is 16.6. The summed E-state index contributed by atoms with van der Waals surface area (Å²) >= 11 is 36.6. The molecule has 6 fully saturated rings. The number of piperidine rings is 6. The van der Waals surface area contributed by atoms with Crippen LogP contribution < -0.4 is 30.7 Å². The molecule has 8 heterocycles. The number of rotatable bonds is 22. The van der Waals surface area contributed by atoms with Crippen molar-refractivity contribution in [2.75, 3.05) is 114 Å². The van der Waals surface area contributed by atoms with Crippen molar-refractivity contribution < 1.29 is 92.4 Å². The maximum Gasteiger partial charge on any atom is 0.457 e. The van der Waals surface area contributed by atoms with Gasteiger partial charge in [-0.15, -0.1) is 0 Å². The molecular formula is C87H98Cl6F11N13O9. The SMILES string of the molecule is CNC(=O)c1ccc(N2CCC(CC3CCN(C(=O)[C@](O)(c4cccc(Cl)c4)C(F)(F)F)CC3)CC2)cc1Cl.CNC(=O)c1ccc(N2CCC(CC3CCN(C(=O)[C@](O)(c4ccccc4)C(F)(F)C(F)(F)F)CC3)CC2)nc1Cl.O=C(NCCn1cncn1)c1ccc(N2CCC(CC3CCN(C(=O)[C@](O)(c4cc(Cl)cc(Cl)c4)C(F)(F)F)CC3)CC2)cc1Cl. The number of amides is 6. The van der Waals surface area contributed by atoms with Crippen LogP contribution in [0.4, 0.5) is 65.5 Å². The summed E-state index contributed by atoms with van der Waals surface area (Å²) in [5, 5.41) is 44.9. The lowest BCUT2D eigenvalue weighted by molar-refractivity contribution is -0.339. The number of aromatic nitrogens is 4. The molecule has 6 amide bonds. The first-order valence-electron chi connectivity index (χ1n) is 41.5. The quantitative estimate of drug-likeness (QED) is 0.0272. The van der Waals surface area contributed by atoms with E-state index in [1.807, 2.05) is 18.2 Å². The Bertz CT molecular complexity index is 4890. The van der Waals surface area contributed by atoms with E-state index < -0.39 is 75.7 Å². The molecule has 7 aromatic rings. The first-order chi connectivity index (χ1) is 59.6. The molecule has 0 radical (unpaired) electrons. The molecule has 2 aromatic heterocycles. The van der Waals surface area contributed by atoms with E-state index in [1.165, 1.54) is 49.8 Å². The van der Waals surface area contributed by atoms with Crippen LogP contribution in [-0.2, 0) is 37.7 Å². The molecule has 0 spiro atoms. The van der Waals surface area contributed by atoms with Gasteiger partial charge < -0.3 is 60.7 Å². The van der Waals surface area contributed by atoms with Crippen LogP contribution in [0.1, 0.15) is 144 Å². The second-order valence-electron chi connectivity index (χ2n) is 32.8. The van der Waals surface area contributed by atoms with Crippen molar-refractivity contribution in [1.29, 1.82) is 0 Å². The van der Waals surface area contributed by atoms with Gasteiger partial charge in [-0.2, -0.15) is 53.4 Å². The van der Waals surface area contributed by atoms with Crippen LogP contribution in [0, 0.1) is 35.5 Å². The highest BCUT2D eigenvalue weighted by Gasteiger charge is 2.74. The van der Waals surface area contributed by atoms with E-state index in [-0.39, 0.29) is 89.0 Å². The number of benzene rings is 5. The van der Waals surface area contributed by atoms with Crippen LogP contribution in [0.3, 0.4) is 0 Å². The number of nitrogens with zero attached hydrogens (tertiary/aromatic N) is 10. The molecule has 13 rings (SSSR count). The highest BCUT2D eigenvalue weighted by atomic mass is 35.5. The molecule has 6 aliphatic rings. The minimum absolute atomic E-state index is 0.0109. The molecule has 0 saturated carbocycles. The van der Waals surface area contributed by atoms with Crippen molar-refractivity contribution in [2.45, 2.75) is 144 Å². The van der Waals surface area contributed by atoms with Gasteiger partial charge in [-0.3, -0.25) is 33.4 Å². The minimum Gasteiger partial charge on any atom is -0.371 e. The molecule has 0 aliphatic carbocycles. The average molecular weight is 1890 g/mol. The Morgan fingerprint density at radius 2 is 0.786 bits per heavy atom. The number of anilines is 3. The van der Waals surface area contributed by atoms with Crippen molar-refractivity contribution in [3.05, 3.63) is 198 Å². The monoisotopic (exact) mass is 1890 g/mol. The van der Waals surface area contributed by atoms with Crippen LogP contribution >= 0.6 is 69.6 Å². The van der Waals surface area contributed by atoms with Gasteiger partial charge in [0, 0.05) is 137 Å². The lowest BCUT2D eigenvalue weighted by Crippen LogP contribution is -2.63. The zero-order chi connectivity index (χ0) is 91.4. The van der Waals surface area contributed by atoms with Crippen LogP contribution in [0.15, 0.2) is 134 Å². The molecule has 3 atom stereocenters. The fraction of sp³-hybridized carbons (Fsp3) is 0.506. The fourth-order valence-corrected chi connectivity index (χ4v) is 19.1. The summed E-state index contributed by atoms with van der Waals surface area (Å²) in [5.74, 6) is -8.23. The molecule has 5 aromatic carbocycles. The first kappa shape index (κ1) is 98.1. The molecule has 0 bridgehead atoms. The van der Waals surface area contributed by atoms with Crippen molar-refractivity contribution >= 4 is 122 Å². The second kappa shape index (κ2) is 41.9. The molecule has 684 valence electrons. The Morgan fingerprint density at radius 3 is 1.17 bits per heavy atom. The summed E-state index contributed by atoms with van der Waals surface area (Å²) in [4.78, 5) is 93.6. The fourth-order valence-electron chi connectivity index (χ4n) is 17.6. The van der Waals surface area contributed by atoms with Gasteiger partial charge in [-0.05, 0) is 216 Å². The average Bonchev–Trinajstić information content (AvgIpc) is 0.800. The summed E-state index contributed by atoms with van der Waals surface area (Å²) in [6, 6.07) is 27.6. The molecule has 0 unspecified atom stereocenters. The van der Waals surface area contributed by atoms with Crippen LogP contribution in [-0.4, -0.2) is 209 Å². The number of hydrogen-bond donors (Lipinski definition) is 6.